The molecule has 0 spiro atoms. The second-order valence-corrected chi connectivity index (χ2v) is 5.29. The summed E-state index contributed by atoms with van der Waals surface area (Å²) in [6, 6.07) is 8.62. The molecule has 6 nitrogen and oxygen atoms in total. The smallest absolute Gasteiger partial charge is 0.248 e. The van der Waals surface area contributed by atoms with Crippen LogP contribution in [0.4, 0.5) is 0 Å². The van der Waals surface area contributed by atoms with Crippen LogP contribution in [0.15, 0.2) is 36.5 Å². The number of primary amides is 1. The molecule has 0 radical (unpaired) electrons. The van der Waals surface area contributed by atoms with Gasteiger partial charge in [0.1, 0.15) is 5.75 Å². The molecule has 1 atom stereocenters. The minimum absolute atomic E-state index is 0.0997. The van der Waals surface area contributed by atoms with Gasteiger partial charge in [-0.2, -0.15) is 0 Å². The van der Waals surface area contributed by atoms with Crippen molar-refractivity contribution in [3.8, 4) is 5.75 Å². The lowest BCUT2D eigenvalue weighted by Crippen LogP contribution is -2.36. The number of nitrogens with zero attached hydrogens (tertiary/aromatic N) is 1. The Bertz CT molecular complexity index is 736. The molecule has 0 bridgehead atoms. The number of Topliss-reactive ketones (excluding diaryl/α,β-unsaturated/α-hetero) is 1. The molecule has 6 heteroatoms. The van der Waals surface area contributed by atoms with E-state index in [0.717, 1.165) is 5.56 Å². The number of benzene rings is 1. The van der Waals surface area contributed by atoms with Gasteiger partial charge in [0, 0.05) is 37.5 Å². The highest BCUT2D eigenvalue weighted by Gasteiger charge is 2.27. The number of amides is 1. The Morgan fingerprint density at radius 3 is 2.86 bits per heavy atom. The lowest BCUT2D eigenvalue weighted by atomic mass is 10.1. The van der Waals surface area contributed by atoms with E-state index in [4.69, 9.17) is 10.5 Å². The second kappa shape index (κ2) is 5.65. The largest absolute Gasteiger partial charge is 0.480 e. The van der Waals surface area contributed by atoms with Crippen molar-refractivity contribution in [2.75, 3.05) is 6.54 Å². The van der Waals surface area contributed by atoms with Gasteiger partial charge in [-0.15, -0.1) is 0 Å². The standard InChI is InChI=1S/C16H17N3O3/c1-19-6-2-3-12(19)15(20)14-9-18-8-11-5-4-10(16(17)21)7-13(11)22-14/h2-7,14,18H,8-9H2,1H3,(H2,17,21). The molecule has 0 saturated heterocycles. The monoisotopic (exact) mass is 299 g/mol. The predicted molar refractivity (Wildman–Crippen MR) is 80.8 cm³/mol. The minimum atomic E-state index is -0.641. The van der Waals surface area contributed by atoms with Gasteiger partial charge in [-0.1, -0.05) is 6.07 Å². The van der Waals surface area contributed by atoms with E-state index in [2.05, 4.69) is 5.32 Å². The lowest BCUT2D eigenvalue weighted by molar-refractivity contribution is 0.0791. The molecule has 1 unspecified atom stereocenters. The van der Waals surface area contributed by atoms with E-state index < -0.39 is 12.0 Å². The zero-order valence-electron chi connectivity index (χ0n) is 12.2. The zero-order valence-corrected chi connectivity index (χ0v) is 12.2. The molecule has 0 fully saturated rings. The van der Waals surface area contributed by atoms with Gasteiger partial charge in [0.05, 0.1) is 5.69 Å². The molecule has 3 rings (SSSR count). The fourth-order valence-corrected chi connectivity index (χ4v) is 2.52. The van der Waals surface area contributed by atoms with E-state index in [-0.39, 0.29) is 5.78 Å². The van der Waals surface area contributed by atoms with Crippen molar-refractivity contribution in [2.45, 2.75) is 12.6 Å². The maximum atomic E-state index is 12.6. The highest BCUT2D eigenvalue weighted by Crippen LogP contribution is 2.24. The number of carbonyl (C=O) groups is 2. The lowest BCUT2D eigenvalue weighted by Gasteiger charge is -2.16. The second-order valence-electron chi connectivity index (χ2n) is 5.29. The van der Waals surface area contributed by atoms with Gasteiger partial charge in [0.25, 0.3) is 0 Å². The number of fused-ring (bicyclic) bond motifs is 1. The van der Waals surface area contributed by atoms with Gasteiger partial charge in [0.15, 0.2) is 6.10 Å². The van der Waals surface area contributed by atoms with Crippen molar-refractivity contribution in [1.29, 1.82) is 0 Å². The molecule has 2 heterocycles. The molecule has 0 aliphatic carbocycles. The van der Waals surface area contributed by atoms with Crippen molar-refractivity contribution in [1.82, 2.24) is 9.88 Å². The number of hydrogen-bond donors (Lipinski definition) is 2. The molecule has 1 aromatic carbocycles. The quantitative estimate of drug-likeness (QED) is 0.823. The van der Waals surface area contributed by atoms with Crippen LogP contribution in [0.2, 0.25) is 0 Å². The molecular weight excluding hydrogens is 282 g/mol. The highest BCUT2D eigenvalue weighted by molar-refractivity contribution is 5.98. The van der Waals surface area contributed by atoms with Crippen molar-refractivity contribution in [2.24, 2.45) is 12.8 Å². The summed E-state index contributed by atoms with van der Waals surface area (Å²) in [6.07, 6.45) is 1.18. The average molecular weight is 299 g/mol. The number of nitrogens with two attached hydrogens (primary N) is 1. The summed E-state index contributed by atoms with van der Waals surface area (Å²) in [7, 11) is 1.82. The molecule has 0 saturated carbocycles. The summed E-state index contributed by atoms with van der Waals surface area (Å²) >= 11 is 0. The summed E-state index contributed by atoms with van der Waals surface area (Å²) in [5.74, 6) is -0.0971. The Morgan fingerprint density at radius 1 is 1.36 bits per heavy atom. The van der Waals surface area contributed by atoms with Gasteiger partial charge >= 0.3 is 0 Å². The van der Waals surface area contributed by atoms with Crippen LogP contribution in [-0.2, 0) is 13.6 Å². The molecule has 1 aromatic heterocycles. The van der Waals surface area contributed by atoms with Crippen LogP contribution in [0.3, 0.4) is 0 Å². The van der Waals surface area contributed by atoms with E-state index in [9.17, 15) is 9.59 Å². The summed E-state index contributed by atoms with van der Waals surface area (Å²) in [6.45, 7) is 0.982. The number of rotatable bonds is 3. The SMILES string of the molecule is Cn1cccc1C(=O)C1CNCc2ccc(C(N)=O)cc2O1. The third-order valence-corrected chi connectivity index (χ3v) is 3.75. The molecule has 22 heavy (non-hydrogen) atoms. The Morgan fingerprint density at radius 2 is 2.18 bits per heavy atom. The fourth-order valence-electron chi connectivity index (χ4n) is 2.52. The molecule has 1 aliphatic heterocycles. The summed E-state index contributed by atoms with van der Waals surface area (Å²) in [4.78, 5) is 23.9. The van der Waals surface area contributed by atoms with Crippen molar-refractivity contribution < 1.29 is 14.3 Å². The maximum Gasteiger partial charge on any atom is 0.248 e. The molecule has 1 amide bonds. The summed E-state index contributed by atoms with van der Waals surface area (Å²) < 4.78 is 7.62. The Kier molecular flexibility index (Phi) is 3.68. The van der Waals surface area contributed by atoms with Crippen LogP contribution < -0.4 is 15.8 Å². The zero-order chi connectivity index (χ0) is 15.7. The van der Waals surface area contributed by atoms with Crippen molar-refractivity contribution >= 4 is 11.7 Å². The van der Waals surface area contributed by atoms with E-state index in [1.807, 2.05) is 19.3 Å². The van der Waals surface area contributed by atoms with Crippen molar-refractivity contribution in [3.63, 3.8) is 0 Å². The summed E-state index contributed by atoms with van der Waals surface area (Å²) in [5.41, 5.74) is 7.14. The predicted octanol–water partition coefficient (Wildman–Crippen LogP) is 0.857. The fraction of sp³-hybridized carbons (Fsp3) is 0.250. The number of carbonyl (C=O) groups excluding carboxylic acids is 2. The average Bonchev–Trinajstić information content (AvgIpc) is 2.81. The van der Waals surface area contributed by atoms with E-state index in [1.165, 1.54) is 0 Å². The maximum absolute atomic E-state index is 12.6. The van der Waals surface area contributed by atoms with Gasteiger partial charge in [0.2, 0.25) is 11.7 Å². The van der Waals surface area contributed by atoms with E-state index in [0.29, 0.717) is 30.1 Å². The van der Waals surface area contributed by atoms with Crippen LogP contribution in [0.5, 0.6) is 5.75 Å². The number of ketones is 1. The topological polar surface area (TPSA) is 86.4 Å². The molecule has 2 aromatic rings. The van der Waals surface area contributed by atoms with Gasteiger partial charge in [-0.3, -0.25) is 9.59 Å². The van der Waals surface area contributed by atoms with Crippen LogP contribution >= 0.6 is 0 Å². The molecule has 1 aliphatic rings. The Labute approximate surface area is 127 Å². The third-order valence-electron chi connectivity index (χ3n) is 3.75. The molecule has 3 N–H and O–H groups in total. The van der Waals surface area contributed by atoms with Crippen LogP contribution in [0, 0.1) is 0 Å². The minimum Gasteiger partial charge on any atom is -0.480 e. The number of aromatic nitrogens is 1. The van der Waals surface area contributed by atoms with Crippen LogP contribution in [-0.4, -0.2) is 28.9 Å². The molecular formula is C16H17N3O3. The first-order valence-electron chi connectivity index (χ1n) is 7.02. The Hall–Kier alpha value is -2.60. The number of nitrogens with one attached hydrogen (secondary N) is 1. The third kappa shape index (κ3) is 2.60. The van der Waals surface area contributed by atoms with Crippen LogP contribution in [0.1, 0.15) is 26.4 Å². The number of hydrogen-bond acceptors (Lipinski definition) is 4. The number of ether oxygens (including phenoxy) is 1. The Balaban J connectivity index is 1.90. The highest BCUT2D eigenvalue weighted by atomic mass is 16.5. The first kappa shape index (κ1) is 14.3. The van der Waals surface area contributed by atoms with Gasteiger partial charge < -0.3 is 20.4 Å². The number of aryl methyl sites for hydroxylation is 1. The first-order chi connectivity index (χ1) is 10.6. The molecule has 114 valence electrons. The van der Waals surface area contributed by atoms with Crippen molar-refractivity contribution in [3.05, 3.63) is 53.3 Å². The van der Waals surface area contributed by atoms with Gasteiger partial charge in [-0.25, -0.2) is 0 Å². The first-order valence-corrected chi connectivity index (χ1v) is 7.02. The van der Waals surface area contributed by atoms with E-state index >= 15 is 0 Å². The van der Waals surface area contributed by atoms with Gasteiger partial charge in [-0.05, 0) is 24.3 Å². The summed E-state index contributed by atoms with van der Waals surface area (Å²) in [5, 5.41) is 3.19. The normalized spacial score (nSPS) is 17.2. The van der Waals surface area contributed by atoms with E-state index in [1.54, 1.807) is 28.8 Å². The van der Waals surface area contributed by atoms with Crippen LogP contribution in [0.25, 0.3) is 0 Å².